The van der Waals surface area contributed by atoms with Gasteiger partial charge in [0, 0.05) is 22.9 Å². The van der Waals surface area contributed by atoms with Crippen molar-refractivity contribution < 1.29 is 19.1 Å². The van der Waals surface area contributed by atoms with Crippen LogP contribution in [0.15, 0.2) is 22.9 Å². The van der Waals surface area contributed by atoms with E-state index in [9.17, 15) is 14.4 Å². The molecule has 0 bridgehead atoms. The first-order valence-electron chi connectivity index (χ1n) is 7.88. The van der Waals surface area contributed by atoms with Gasteiger partial charge < -0.3 is 10.1 Å². The Labute approximate surface area is 148 Å². The summed E-state index contributed by atoms with van der Waals surface area (Å²) in [4.78, 5) is 39.6. The third-order valence-electron chi connectivity index (χ3n) is 3.77. The van der Waals surface area contributed by atoms with Gasteiger partial charge >= 0.3 is 12.0 Å². The third-order valence-corrected chi connectivity index (χ3v) is 4.20. The largest absolute Gasteiger partial charge is 0.449 e. The summed E-state index contributed by atoms with van der Waals surface area (Å²) in [6.07, 6.45) is 6.95. The summed E-state index contributed by atoms with van der Waals surface area (Å²) in [6, 6.07) is 1.08. The monoisotopic (exact) mass is 397 g/mol. The van der Waals surface area contributed by atoms with Gasteiger partial charge in [-0.25, -0.2) is 9.59 Å². The number of ether oxygens (including phenoxy) is 1. The second kappa shape index (κ2) is 8.77. The van der Waals surface area contributed by atoms with Gasteiger partial charge in [-0.3, -0.25) is 15.1 Å². The van der Waals surface area contributed by atoms with Crippen LogP contribution < -0.4 is 10.6 Å². The van der Waals surface area contributed by atoms with Crippen molar-refractivity contribution in [3.05, 3.63) is 28.5 Å². The van der Waals surface area contributed by atoms with Crippen LogP contribution in [0.2, 0.25) is 0 Å². The Morgan fingerprint density at radius 2 is 1.96 bits per heavy atom. The zero-order valence-electron chi connectivity index (χ0n) is 13.4. The van der Waals surface area contributed by atoms with Crippen LogP contribution in [0, 0.1) is 0 Å². The standard InChI is InChI=1S/C16H20BrN3O4/c1-10(24-15(22)11-7-12(17)9-18-8-11)14(21)20-16(23)19-13-5-3-2-4-6-13/h7-10,13H,2-6H2,1H3,(H2,19,20,21,23)/t10-/m1/s1. The van der Waals surface area contributed by atoms with Crippen LogP contribution in [0.25, 0.3) is 0 Å². The molecule has 0 spiro atoms. The zero-order valence-corrected chi connectivity index (χ0v) is 15.0. The molecule has 1 aromatic rings. The first kappa shape index (κ1) is 18.4. The van der Waals surface area contributed by atoms with E-state index in [1.54, 1.807) is 0 Å². The molecule has 0 aromatic carbocycles. The van der Waals surface area contributed by atoms with Gasteiger partial charge in [0.05, 0.1) is 5.56 Å². The van der Waals surface area contributed by atoms with Gasteiger partial charge in [-0.2, -0.15) is 0 Å². The van der Waals surface area contributed by atoms with Gasteiger partial charge in [0.2, 0.25) is 0 Å². The summed E-state index contributed by atoms with van der Waals surface area (Å²) < 4.78 is 5.68. The number of halogens is 1. The maximum Gasteiger partial charge on any atom is 0.340 e. The number of nitrogens with zero attached hydrogens (tertiary/aromatic N) is 1. The van der Waals surface area contributed by atoms with Gasteiger partial charge in [-0.05, 0) is 41.8 Å². The van der Waals surface area contributed by atoms with E-state index in [0.29, 0.717) is 4.47 Å². The van der Waals surface area contributed by atoms with Crippen LogP contribution >= 0.6 is 15.9 Å². The quantitative estimate of drug-likeness (QED) is 0.760. The summed E-state index contributed by atoms with van der Waals surface area (Å²) in [5, 5.41) is 4.97. The highest BCUT2D eigenvalue weighted by atomic mass is 79.9. The summed E-state index contributed by atoms with van der Waals surface area (Å²) in [5.41, 5.74) is 0.218. The molecule has 130 valence electrons. The van der Waals surface area contributed by atoms with Gasteiger partial charge in [0.15, 0.2) is 6.10 Å². The number of esters is 1. The Balaban J connectivity index is 1.80. The Morgan fingerprint density at radius 3 is 2.62 bits per heavy atom. The molecule has 0 unspecified atom stereocenters. The molecular formula is C16H20BrN3O4. The normalized spacial score (nSPS) is 16.1. The molecule has 1 heterocycles. The van der Waals surface area contributed by atoms with Crippen LogP contribution in [-0.4, -0.2) is 35.0 Å². The van der Waals surface area contributed by atoms with Crippen molar-refractivity contribution in [1.29, 1.82) is 0 Å². The molecular weight excluding hydrogens is 378 g/mol. The van der Waals surface area contributed by atoms with Crippen molar-refractivity contribution in [3.8, 4) is 0 Å². The number of urea groups is 1. The van der Waals surface area contributed by atoms with Gasteiger partial charge in [0.25, 0.3) is 5.91 Å². The molecule has 0 saturated heterocycles. The molecule has 1 atom stereocenters. The second-order valence-electron chi connectivity index (χ2n) is 5.74. The summed E-state index contributed by atoms with van der Waals surface area (Å²) >= 11 is 3.20. The molecule has 7 nitrogen and oxygen atoms in total. The minimum absolute atomic E-state index is 0.0946. The number of rotatable bonds is 4. The fourth-order valence-corrected chi connectivity index (χ4v) is 2.85. The summed E-state index contributed by atoms with van der Waals surface area (Å²) in [5.74, 6) is -1.35. The number of aromatic nitrogens is 1. The highest BCUT2D eigenvalue weighted by Crippen LogP contribution is 2.17. The number of carbonyl (C=O) groups is 3. The van der Waals surface area contributed by atoms with Crippen LogP contribution in [0.3, 0.4) is 0 Å². The maximum atomic E-state index is 12.0. The van der Waals surface area contributed by atoms with E-state index in [4.69, 9.17) is 4.74 Å². The molecule has 2 rings (SSSR count). The van der Waals surface area contributed by atoms with Crippen molar-refractivity contribution in [3.63, 3.8) is 0 Å². The topological polar surface area (TPSA) is 97.4 Å². The zero-order chi connectivity index (χ0) is 17.5. The minimum Gasteiger partial charge on any atom is -0.449 e. The van der Waals surface area contributed by atoms with E-state index in [1.165, 1.54) is 31.8 Å². The Bertz CT molecular complexity index is 617. The Morgan fingerprint density at radius 1 is 1.25 bits per heavy atom. The molecule has 3 amide bonds. The Kier molecular flexibility index (Phi) is 6.72. The average molecular weight is 398 g/mol. The molecule has 1 aromatic heterocycles. The first-order chi connectivity index (χ1) is 11.5. The van der Waals surface area contributed by atoms with Crippen LogP contribution in [0.4, 0.5) is 4.79 Å². The van der Waals surface area contributed by atoms with E-state index in [0.717, 1.165) is 25.7 Å². The fraction of sp³-hybridized carbons (Fsp3) is 0.500. The van der Waals surface area contributed by atoms with Crippen LogP contribution in [0.5, 0.6) is 0 Å². The molecule has 1 aliphatic rings. The molecule has 1 saturated carbocycles. The number of pyridine rings is 1. The second-order valence-corrected chi connectivity index (χ2v) is 6.65. The third kappa shape index (κ3) is 5.59. The number of hydrogen-bond donors (Lipinski definition) is 2. The van der Waals surface area contributed by atoms with E-state index in [2.05, 4.69) is 31.5 Å². The molecule has 1 aliphatic carbocycles. The SMILES string of the molecule is C[C@@H](OC(=O)c1cncc(Br)c1)C(=O)NC(=O)NC1CCCCC1. The molecule has 8 heteroatoms. The van der Waals surface area contributed by atoms with Crippen molar-refractivity contribution in [2.45, 2.75) is 51.2 Å². The Hall–Kier alpha value is -1.96. The smallest absolute Gasteiger partial charge is 0.340 e. The van der Waals surface area contributed by atoms with E-state index >= 15 is 0 Å². The lowest BCUT2D eigenvalue weighted by Gasteiger charge is -2.23. The maximum absolute atomic E-state index is 12.0. The highest BCUT2D eigenvalue weighted by molar-refractivity contribution is 9.10. The lowest BCUT2D eigenvalue weighted by atomic mass is 9.96. The number of nitrogens with one attached hydrogen (secondary N) is 2. The van der Waals surface area contributed by atoms with Crippen molar-refractivity contribution in [1.82, 2.24) is 15.6 Å². The summed E-state index contributed by atoms with van der Waals surface area (Å²) in [7, 11) is 0. The fourth-order valence-electron chi connectivity index (χ4n) is 2.49. The minimum atomic E-state index is -1.09. The molecule has 0 aliphatic heterocycles. The molecule has 1 fully saturated rings. The highest BCUT2D eigenvalue weighted by Gasteiger charge is 2.22. The lowest BCUT2D eigenvalue weighted by Crippen LogP contribution is -2.48. The van der Waals surface area contributed by atoms with Crippen LogP contribution in [0.1, 0.15) is 49.4 Å². The van der Waals surface area contributed by atoms with Gasteiger partial charge in [-0.1, -0.05) is 19.3 Å². The van der Waals surface area contributed by atoms with Gasteiger partial charge in [-0.15, -0.1) is 0 Å². The predicted octanol–water partition coefficient (Wildman–Crippen LogP) is 2.55. The van der Waals surface area contributed by atoms with Crippen molar-refractivity contribution >= 4 is 33.8 Å². The van der Waals surface area contributed by atoms with E-state index < -0.39 is 24.0 Å². The predicted molar refractivity (Wildman–Crippen MR) is 90.4 cm³/mol. The van der Waals surface area contributed by atoms with Crippen LogP contribution in [-0.2, 0) is 9.53 Å². The number of hydrogen-bond acceptors (Lipinski definition) is 5. The van der Waals surface area contributed by atoms with Crippen molar-refractivity contribution in [2.75, 3.05) is 0 Å². The molecule has 0 radical (unpaired) electrons. The number of carbonyl (C=O) groups excluding carboxylic acids is 3. The number of imide groups is 1. The lowest BCUT2D eigenvalue weighted by molar-refractivity contribution is -0.127. The molecule has 24 heavy (non-hydrogen) atoms. The van der Waals surface area contributed by atoms with E-state index in [-0.39, 0.29) is 11.6 Å². The van der Waals surface area contributed by atoms with Gasteiger partial charge in [0.1, 0.15) is 0 Å². The molecule has 2 N–H and O–H groups in total. The summed E-state index contributed by atoms with van der Waals surface area (Å²) in [6.45, 7) is 1.41. The first-order valence-corrected chi connectivity index (χ1v) is 8.68. The van der Waals surface area contributed by atoms with E-state index in [1.807, 2.05) is 0 Å². The average Bonchev–Trinajstić information content (AvgIpc) is 2.55. The number of amides is 3. The van der Waals surface area contributed by atoms with Crippen molar-refractivity contribution in [2.24, 2.45) is 0 Å².